The fraction of sp³-hybridized carbons (Fsp3) is 0.568. The number of hydrogen-bond acceptors (Lipinski definition) is 9. The lowest BCUT2D eigenvalue weighted by Crippen LogP contribution is -2.43. The number of hydrazine groups is 1. The zero-order chi connectivity index (χ0) is 40.6. The Labute approximate surface area is 336 Å². The predicted octanol–water partition coefficient (Wildman–Crippen LogP) is 9.47. The minimum absolute atomic E-state index is 0.0201. The molecule has 0 saturated carbocycles. The largest absolute Gasteiger partial charge is 0.468 e. The summed E-state index contributed by atoms with van der Waals surface area (Å²) >= 11 is 0. The van der Waals surface area contributed by atoms with Crippen molar-refractivity contribution in [2.45, 2.75) is 108 Å². The summed E-state index contributed by atoms with van der Waals surface area (Å²) in [7, 11) is 1.24. The van der Waals surface area contributed by atoms with Gasteiger partial charge in [-0.15, -0.1) is 5.54 Å². The van der Waals surface area contributed by atoms with Crippen LogP contribution in [0, 0.1) is 23.1 Å². The van der Waals surface area contributed by atoms with Crippen LogP contribution >= 0.6 is 0 Å². The zero-order valence-electron chi connectivity index (χ0n) is 34.7. The van der Waals surface area contributed by atoms with E-state index in [1.807, 2.05) is 12.1 Å². The first-order chi connectivity index (χ1) is 27.3. The molecule has 0 amide bonds. The van der Waals surface area contributed by atoms with Crippen molar-refractivity contribution in [3.63, 3.8) is 0 Å². The number of benzene rings is 2. The molecule has 3 saturated heterocycles. The molecule has 2 aromatic carbocycles. The fourth-order valence-corrected chi connectivity index (χ4v) is 15.2. The number of fused-ring (bicyclic) bond motifs is 3. The lowest BCUT2D eigenvalue weighted by molar-refractivity contribution is 0.0512. The molecule has 7 rings (SSSR count). The number of alkyl halides is 1. The Morgan fingerprint density at radius 3 is 2.44 bits per heavy atom. The van der Waals surface area contributed by atoms with Gasteiger partial charge in [-0.05, 0) is 72.4 Å². The molecule has 3 fully saturated rings. The maximum atomic E-state index is 17.6. The van der Waals surface area contributed by atoms with E-state index in [4.69, 9.17) is 29.2 Å². The van der Waals surface area contributed by atoms with Gasteiger partial charge in [0, 0.05) is 57.4 Å². The second kappa shape index (κ2) is 16.7. The third-order valence-electron chi connectivity index (χ3n) is 12.8. The molecule has 0 aliphatic carbocycles. The lowest BCUT2D eigenvalue weighted by Gasteiger charge is -2.38. The third-order valence-corrected chi connectivity index (χ3v) is 19.1. The van der Waals surface area contributed by atoms with Crippen LogP contribution < -0.4 is 14.5 Å². The van der Waals surface area contributed by atoms with Crippen LogP contribution in [0.2, 0.25) is 16.6 Å². The van der Waals surface area contributed by atoms with Crippen LogP contribution in [-0.2, 0) is 4.74 Å². The molecule has 0 spiro atoms. The Morgan fingerprint density at radius 1 is 0.947 bits per heavy atom. The Balaban J connectivity index is 1.44. The Hall–Kier alpha value is -3.96. The van der Waals surface area contributed by atoms with Crippen LogP contribution in [-0.4, -0.2) is 98.4 Å². The standard InChI is InChI=1S/C44H57F3N6O3Si/c1-28(2)57(29(3)4,30(5)6)20-15-34-37(46)14-13-31-21-33(56-27-54-8)22-35(38(31)34)40-39(47)41-36(24-48-40)42(53-19-11-9-10-17-51(53)7)50-43(49-41)55-26-44-16-12-18-52(44)25-32(45)23-44/h13-14,21-22,24,28-30,32H,9-12,16-19,23,25-27H2,1-8H3/t32-,44+/m1/s1. The molecule has 0 N–H and O–H groups in total. The van der Waals surface area contributed by atoms with Gasteiger partial charge in [-0.25, -0.2) is 18.2 Å². The summed E-state index contributed by atoms with van der Waals surface area (Å²) in [6.45, 7) is 16.1. The summed E-state index contributed by atoms with van der Waals surface area (Å²) in [5.74, 6) is 3.04. The van der Waals surface area contributed by atoms with Crippen LogP contribution in [0.25, 0.3) is 32.9 Å². The summed E-state index contributed by atoms with van der Waals surface area (Å²) in [5.41, 5.74) is 4.74. The van der Waals surface area contributed by atoms with E-state index in [1.165, 1.54) is 13.2 Å². The molecule has 4 aromatic rings. The van der Waals surface area contributed by atoms with E-state index in [1.54, 1.807) is 24.4 Å². The van der Waals surface area contributed by atoms with Gasteiger partial charge in [-0.3, -0.25) is 14.9 Å². The van der Waals surface area contributed by atoms with Gasteiger partial charge in [0.25, 0.3) is 0 Å². The number of pyridine rings is 1. The first-order valence-corrected chi connectivity index (χ1v) is 22.8. The molecule has 0 bridgehead atoms. The lowest BCUT2D eigenvalue weighted by atomic mass is 9.95. The molecule has 57 heavy (non-hydrogen) atoms. The van der Waals surface area contributed by atoms with Crippen molar-refractivity contribution in [2.24, 2.45) is 0 Å². The highest BCUT2D eigenvalue weighted by Crippen LogP contribution is 2.44. The molecule has 2 atom stereocenters. The highest BCUT2D eigenvalue weighted by molar-refractivity contribution is 6.90. The summed E-state index contributed by atoms with van der Waals surface area (Å²) < 4.78 is 66.1. The minimum atomic E-state index is -2.28. The first kappa shape index (κ1) is 41.2. The second-order valence-electron chi connectivity index (χ2n) is 17.1. The molecule has 2 aromatic heterocycles. The SMILES string of the molecule is COCOc1cc(-c2ncc3c(N4CCCCCN4C)nc(OC[C@@]45CCCN4C[C@H](F)C5)nc3c2F)c2c(C#C[Si](C(C)C)(C(C)C)C(C)C)c(F)ccc2c1. The van der Waals surface area contributed by atoms with Crippen molar-refractivity contribution >= 4 is 35.6 Å². The molecular weight excluding hydrogens is 746 g/mol. The summed E-state index contributed by atoms with van der Waals surface area (Å²) in [6, 6.07) is 6.55. The van der Waals surface area contributed by atoms with Crippen LogP contribution in [0.5, 0.6) is 11.8 Å². The number of ether oxygens (including phenoxy) is 3. The van der Waals surface area contributed by atoms with Crippen LogP contribution in [0.3, 0.4) is 0 Å². The van der Waals surface area contributed by atoms with Gasteiger partial charge in [0.05, 0.1) is 16.5 Å². The van der Waals surface area contributed by atoms with Crippen molar-refractivity contribution in [1.82, 2.24) is 24.9 Å². The van der Waals surface area contributed by atoms with Gasteiger partial charge in [0.2, 0.25) is 0 Å². The smallest absolute Gasteiger partial charge is 0.319 e. The van der Waals surface area contributed by atoms with E-state index in [-0.39, 0.29) is 36.2 Å². The molecule has 0 unspecified atom stereocenters. The van der Waals surface area contributed by atoms with Crippen molar-refractivity contribution in [3.05, 3.63) is 47.7 Å². The number of nitrogens with zero attached hydrogens (tertiary/aromatic N) is 6. The fourth-order valence-electron chi connectivity index (χ4n) is 9.99. The summed E-state index contributed by atoms with van der Waals surface area (Å²) in [6.07, 6.45) is 5.85. The maximum absolute atomic E-state index is 17.6. The zero-order valence-corrected chi connectivity index (χ0v) is 35.7. The van der Waals surface area contributed by atoms with E-state index in [9.17, 15) is 4.39 Å². The number of anilines is 1. The molecule has 0 radical (unpaired) electrons. The normalized spacial score (nSPS) is 20.8. The molecule has 306 valence electrons. The van der Waals surface area contributed by atoms with Crippen LogP contribution in [0.1, 0.15) is 85.6 Å². The molecular formula is C44H57F3N6O3Si. The monoisotopic (exact) mass is 802 g/mol. The Kier molecular flexibility index (Phi) is 12.1. The highest BCUT2D eigenvalue weighted by atomic mass is 28.3. The summed E-state index contributed by atoms with van der Waals surface area (Å²) in [4.78, 5) is 16.6. The van der Waals surface area contributed by atoms with Gasteiger partial charge in [0.15, 0.2) is 18.4 Å². The Bertz CT molecular complexity index is 2150. The number of hydrogen-bond donors (Lipinski definition) is 0. The predicted molar refractivity (Wildman–Crippen MR) is 223 cm³/mol. The van der Waals surface area contributed by atoms with E-state index in [2.05, 4.69) is 62.9 Å². The van der Waals surface area contributed by atoms with E-state index in [0.717, 1.165) is 45.2 Å². The van der Waals surface area contributed by atoms with Gasteiger partial charge >= 0.3 is 6.01 Å². The van der Waals surface area contributed by atoms with E-state index < -0.39 is 31.4 Å². The molecule has 9 nitrogen and oxygen atoms in total. The maximum Gasteiger partial charge on any atom is 0.319 e. The van der Waals surface area contributed by atoms with Crippen molar-refractivity contribution in [2.75, 3.05) is 58.7 Å². The molecule has 5 heterocycles. The van der Waals surface area contributed by atoms with E-state index >= 15 is 8.78 Å². The second-order valence-corrected chi connectivity index (χ2v) is 22.7. The van der Waals surface area contributed by atoms with Gasteiger partial charge in [0.1, 0.15) is 43.6 Å². The average molecular weight is 803 g/mol. The van der Waals surface area contributed by atoms with Crippen molar-refractivity contribution in [1.29, 1.82) is 0 Å². The van der Waals surface area contributed by atoms with Gasteiger partial charge in [-0.1, -0.05) is 60.0 Å². The van der Waals surface area contributed by atoms with Crippen LogP contribution in [0.4, 0.5) is 19.0 Å². The quantitative estimate of drug-likeness (QED) is 0.0838. The Morgan fingerprint density at radius 2 is 1.70 bits per heavy atom. The summed E-state index contributed by atoms with van der Waals surface area (Å²) in [5, 5.41) is 5.63. The van der Waals surface area contributed by atoms with Gasteiger partial charge in [-0.2, -0.15) is 9.97 Å². The number of halogens is 3. The van der Waals surface area contributed by atoms with Gasteiger partial charge < -0.3 is 14.2 Å². The molecule has 3 aliphatic rings. The molecule has 13 heteroatoms. The highest BCUT2D eigenvalue weighted by Gasteiger charge is 2.49. The molecule has 3 aliphatic heterocycles. The van der Waals surface area contributed by atoms with Crippen molar-refractivity contribution in [3.8, 4) is 34.5 Å². The van der Waals surface area contributed by atoms with Crippen LogP contribution in [0.15, 0.2) is 30.5 Å². The number of methoxy groups -OCH3 is 1. The topological polar surface area (TPSA) is 76.1 Å². The third kappa shape index (κ3) is 7.70. The number of aromatic nitrogens is 3. The van der Waals surface area contributed by atoms with E-state index in [0.29, 0.717) is 69.4 Å². The average Bonchev–Trinajstić information content (AvgIpc) is 3.61. The van der Waals surface area contributed by atoms with Crippen molar-refractivity contribution < 1.29 is 27.4 Å². The minimum Gasteiger partial charge on any atom is -0.468 e. The first-order valence-electron chi connectivity index (χ1n) is 20.6. The number of rotatable bonds is 11.